The molecule has 1 aliphatic heterocycles. The van der Waals surface area contributed by atoms with Gasteiger partial charge in [-0.2, -0.15) is 0 Å². The minimum atomic E-state index is -3.58. The number of likely N-dealkylation sites (tertiary alicyclic amines) is 1. The summed E-state index contributed by atoms with van der Waals surface area (Å²) in [5, 5.41) is 0. The van der Waals surface area contributed by atoms with E-state index in [1.54, 1.807) is 24.0 Å². The fourth-order valence-electron chi connectivity index (χ4n) is 3.24. The number of hydrogen-bond acceptors (Lipinski definition) is 4. The van der Waals surface area contributed by atoms with Crippen LogP contribution in [0.4, 0.5) is 5.69 Å². The van der Waals surface area contributed by atoms with E-state index in [1.807, 2.05) is 26.0 Å². The lowest BCUT2D eigenvalue weighted by atomic mass is 9.98. The van der Waals surface area contributed by atoms with Crippen LogP contribution in [-0.2, 0) is 19.6 Å². The van der Waals surface area contributed by atoms with Crippen molar-refractivity contribution in [1.29, 1.82) is 0 Å². The number of carbonyl (C=O) groups is 1. The van der Waals surface area contributed by atoms with Crippen LogP contribution in [0, 0.1) is 18.8 Å². The molecule has 1 fully saturated rings. The molecule has 1 saturated heterocycles. The van der Waals surface area contributed by atoms with Crippen LogP contribution in [0.5, 0.6) is 0 Å². The summed E-state index contributed by atoms with van der Waals surface area (Å²) >= 11 is 0. The zero-order chi connectivity index (χ0) is 19.2. The molecule has 2 atom stereocenters. The molecule has 1 heterocycles. The number of piperidine rings is 1. The van der Waals surface area contributed by atoms with Crippen LogP contribution in [0.2, 0.25) is 0 Å². The minimum Gasteiger partial charge on any atom is -0.381 e. The lowest BCUT2D eigenvalue weighted by Gasteiger charge is -2.34. The number of rotatable bonds is 8. The van der Waals surface area contributed by atoms with Gasteiger partial charge >= 0.3 is 0 Å². The molecule has 2 rings (SSSR count). The SMILES string of the molecule is CCOCC1CCCN(C(=O)C(C)CS(=O)(=O)Nc2ccc(C)cc2)C1. The van der Waals surface area contributed by atoms with E-state index in [1.165, 1.54) is 0 Å². The molecule has 0 bridgehead atoms. The molecule has 0 aliphatic carbocycles. The molecule has 26 heavy (non-hydrogen) atoms. The number of aryl methyl sites for hydroxylation is 1. The Kier molecular flexibility index (Phi) is 7.46. The van der Waals surface area contributed by atoms with E-state index in [0.29, 0.717) is 37.9 Å². The lowest BCUT2D eigenvalue weighted by molar-refractivity contribution is -0.136. The lowest BCUT2D eigenvalue weighted by Crippen LogP contribution is -2.45. The van der Waals surface area contributed by atoms with Gasteiger partial charge in [-0.25, -0.2) is 8.42 Å². The van der Waals surface area contributed by atoms with Gasteiger partial charge in [-0.3, -0.25) is 9.52 Å². The van der Waals surface area contributed by atoms with Crippen molar-refractivity contribution in [2.24, 2.45) is 11.8 Å². The van der Waals surface area contributed by atoms with Crippen molar-refractivity contribution in [3.8, 4) is 0 Å². The van der Waals surface area contributed by atoms with E-state index >= 15 is 0 Å². The predicted octanol–water partition coefficient (Wildman–Crippen LogP) is 2.65. The third-order valence-corrected chi connectivity index (χ3v) is 6.09. The third-order valence-electron chi connectivity index (χ3n) is 4.60. The van der Waals surface area contributed by atoms with Gasteiger partial charge in [0.15, 0.2) is 0 Å². The molecule has 0 saturated carbocycles. The number of sulfonamides is 1. The zero-order valence-corrected chi connectivity index (χ0v) is 16.7. The van der Waals surface area contributed by atoms with Gasteiger partial charge in [0.2, 0.25) is 15.9 Å². The first kappa shape index (κ1) is 20.7. The molecule has 146 valence electrons. The van der Waals surface area contributed by atoms with Gasteiger partial charge in [-0.15, -0.1) is 0 Å². The van der Waals surface area contributed by atoms with E-state index in [9.17, 15) is 13.2 Å². The highest BCUT2D eigenvalue weighted by Gasteiger charge is 2.29. The van der Waals surface area contributed by atoms with Crippen molar-refractivity contribution in [3.63, 3.8) is 0 Å². The van der Waals surface area contributed by atoms with Crippen LogP contribution in [-0.4, -0.2) is 51.3 Å². The van der Waals surface area contributed by atoms with Gasteiger partial charge in [0.25, 0.3) is 0 Å². The highest BCUT2D eigenvalue weighted by Crippen LogP contribution is 2.20. The Balaban J connectivity index is 1.91. The Morgan fingerprint density at radius 3 is 2.69 bits per heavy atom. The monoisotopic (exact) mass is 382 g/mol. The average Bonchev–Trinajstić information content (AvgIpc) is 2.61. The van der Waals surface area contributed by atoms with Crippen LogP contribution < -0.4 is 4.72 Å². The standard InChI is InChI=1S/C19H30N2O4S/c1-4-25-13-17-6-5-11-21(12-17)19(22)16(3)14-26(23,24)20-18-9-7-15(2)8-10-18/h7-10,16-17,20H,4-6,11-14H2,1-3H3. The Hall–Kier alpha value is -1.60. The molecular formula is C19H30N2O4S. The van der Waals surface area contributed by atoms with Gasteiger partial charge in [0.1, 0.15) is 0 Å². The third kappa shape index (κ3) is 6.29. The number of carbonyl (C=O) groups excluding carboxylic acids is 1. The number of hydrogen-bond donors (Lipinski definition) is 1. The van der Waals surface area contributed by atoms with E-state index < -0.39 is 15.9 Å². The number of benzene rings is 1. The Morgan fingerprint density at radius 1 is 1.35 bits per heavy atom. The van der Waals surface area contributed by atoms with E-state index in [0.717, 1.165) is 18.4 Å². The number of nitrogens with one attached hydrogen (secondary N) is 1. The highest BCUT2D eigenvalue weighted by atomic mass is 32.2. The van der Waals surface area contributed by atoms with Gasteiger partial charge in [-0.1, -0.05) is 24.6 Å². The second-order valence-corrected chi connectivity index (χ2v) is 8.87. The van der Waals surface area contributed by atoms with Crippen molar-refractivity contribution >= 4 is 21.6 Å². The summed E-state index contributed by atoms with van der Waals surface area (Å²) < 4.78 is 32.8. The Bertz CT molecular complexity index is 688. The van der Waals surface area contributed by atoms with Crippen molar-refractivity contribution in [1.82, 2.24) is 4.90 Å². The summed E-state index contributed by atoms with van der Waals surface area (Å²) in [7, 11) is -3.58. The summed E-state index contributed by atoms with van der Waals surface area (Å²) in [6.07, 6.45) is 1.98. The molecule has 1 N–H and O–H groups in total. The van der Waals surface area contributed by atoms with Crippen molar-refractivity contribution in [3.05, 3.63) is 29.8 Å². The minimum absolute atomic E-state index is 0.0968. The summed E-state index contributed by atoms with van der Waals surface area (Å²) in [5.74, 6) is -0.557. The van der Waals surface area contributed by atoms with E-state index in [4.69, 9.17) is 4.74 Å². The maximum absolute atomic E-state index is 12.7. The predicted molar refractivity (Wildman–Crippen MR) is 104 cm³/mol. The molecule has 6 nitrogen and oxygen atoms in total. The van der Waals surface area contributed by atoms with Crippen LogP contribution in [0.1, 0.15) is 32.3 Å². The van der Waals surface area contributed by atoms with Gasteiger partial charge in [0.05, 0.1) is 18.3 Å². The smallest absolute Gasteiger partial charge is 0.233 e. The molecule has 1 aliphatic rings. The molecule has 0 aromatic heterocycles. The zero-order valence-electron chi connectivity index (χ0n) is 15.9. The number of nitrogens with zero attached hydrogens (tertiary/aromatic N) is 1. The quantitative estimate of drug-likeness (QED) is 0.750. The summed E-state index contributed by atoms with van der Waals surface area (Å²) in [6.45, 7) is 8.25. The summed E-state index contributed by atoms with van der Waals surface area (Å²) in [6, 6.07) is 7.14. The highest BCUT2D eigenvalue weighted by molar-refractivity contribution is 7.92. The Labute approximate surface area is 157 Å². The molecule has 7 heteroatoms. The molecular weight excluding hydrogens is 352 g/mol. The topological polar surface area (TPSA) is 75.7 Å². The molecule has 2 unspecified atom stereocenters. The molecule has 1 aromatic carbocycles. The molecule has 1 aromatic rings. The summed E-state index contributed by atoms with van der Waals surface area (Å²) in [5.41, 5.74) is 1.58. The van der Waals surface area contributed by atoms with Gasteiger partial charge in [0, 0.05) is 25.4 Å². The normalized spacial score (nSPS) is 19.2. The fraction of sp³-hybridized carbons (Fsp3) is 0.632. The van der Waals surface area contributed by atoms with Crippen molar-refractivity contribution in [2.75, 3.05) is 36.8 Å². The maximum Gasteiger partial charge on any atom is 0.233 e. The van der Waals surface area contributed by atoms with Crippen LogP contribution in [0.3, 0.4) is 0 Å². The van der Waals surface area contributed by atoms with Crippen molar-refractivity contribution < 1.29 is 17.9 Å². The largest absolute Gasteiger partial charge is 0.381 e. The van der Waals surface area contributed by atoms with Crippen LogP contribution in [0.15, 0.2) is 24.3 Å². The van der Waals surface area contributed by atoms with Crippen molar-refractivity contribution in [2.45, 2.75) is 33.6 Å². The van der Waals surface area contributed by atoms with E-state index in [2.05, 4.69) is 4.72 Å². The summed E-state index contributed by atoms with van der Waals surface area (Å²) in [4.78, 5) is 14.5. The average molecular weight is 383 g/mol. The van der Waals surface area contributed by atoms with E-state index in [-0.39, 0.29) is 11.7 Å². The first-order valence-corrected chi connectivity index (χ1v) is 10.9. The number of anilines is 1. The molecule has 1 amide bonds. The first-order chi connectivity index (χ1) is 12.3. The maximum atomic E-state index is 12.7. The van der Waals surface area contributed by atoms with Gasteiger partial charge < -0.3 is 9.64 Å². The second kappa shape index (κ2) is 9.37. The Morgan fingerprint density at radius 2 is 2.04 bits per heavy atom. The number of amides is 1. The number of ether oxygens (including phenoxy) is 1. The van der Waals surface area contributed by atoms with Crippen LogP contribution in [0.25, 0.3) is 0 Å². The fourth-order valence-corrected chi connectivity index (χ4v) is 4.62. The molecule has 0 radical (unpaired) electrons. The van der Waals surface area contributed by atoms with Gasteiger partial charge in [-0.05, 0) is 44.7 Å². The first-order valence-electron chi connectivity index (χ1n) is 9.24. The van der Waals surface area contributed by atoms with Crippen LogP contribution >= 0.6 is 0 Å². The molecule has 0 spiro atoms. The second-order valence-electron chi connectivity index (χ2n) is 7.10.